The number of carbonyl (C=O) groups excluding carboxylic acids is 1. The molecule has 0 saturated carbocycles. The van der Waals surface area contributed by atoms with Gasteiger partial charge in [0, 0.05) is 23.3 Å². The molecule has 94 valence electrons. The highest BCUT2D eigenvalue weighted by Crippen LogP contribution is 2.12. The molecule has 0 aliphatic carbocycles. The van der Waals surface area contributed by atoms with E-state index in [-0.39, 0.29) is 18.0 Å². The Bertz CT molecular complexity index is 383. The standard InChI is InChI=1S/C13H19ClN2O/c1-9(2)16(10(3)4)13(17)8-12-7-11(14)5-6-15-12/h5-7,9-10H,8H2,1-4H3. The van der Waals surface area contributed by atoms with Gasteiger partial charge < -0.3 is 4.90 Å². The fourth-order valence-electron chi connectivity index (χ4n) is 1.96. The highest BCUT2D eigenvalue weighted by Gasteiger charge is 2.20. The van der Waals surface area contributed by atoms with Crippen molar-refractivity contribution in [2.24, 2.45) is 0 Å². The van der Waals surface area contributed by atoms with Crippen LogP contribution in [0.25, 0.3) is 0 Å². The summed E-state index contributed by atoms with van der Waals surface area (Å²) in [7, 11) is 0. The smallest absolute Gasteiger partial charge is 0.229 e. The van der Waals surface area contributed by atoms with Crippen LogP contribution in [0.15, 0.2) is 18.3 Å². The summed E-state index contributed by atoms with van der Waals surface area (Å²) in [5.74, 6) is 0.0877. The van der Waals surface area contributed by atoms with E-state index < -0.39 is 0 Å². The van der Waals surface area contributed by atoms with E-state index in [2.05, 4.69) is 4.98 Å². The number of hydrogen-bond donors (Lipinski definition) is 0. The summed E-state index contributed by atoms with van der Waals surface area (Å²) >= 11 is 5.87. The highest BCUT2D eigenvalue weighted by atomic mass is 35.5. The van der Waals surface area contributed by atoms with Crippen LogP contribution in [0.2, 0.25) is 5.02 Å². The van der Waals surface area contributed by atoms with Gasteiger partial charge in [-0.25, -0.2) is 0 Å². The lowest BCUT2D eigenvalue weighted by atomic mass is 10.2. The van der Waals surface area contributed by atoms with Gasteiger partial charge in [-0.2, -0.15) is 0 Å². The van der Waals surface area contributed by atoms with Gasteiger partial charge in [0.1, 0.15) is 0 Å². The molecule has 0 aliphatic rings. The van der Waals surface area contributed by atoms with Crippen molar-refractivity contribution in [3.05, 3.63) is 29.0 Å². The summed E-state index contributed by atoms with van der Waals surface area (Å²) in [4.78, 5) is 18.2. The summed E-state index contributed by atoms with van der Waals surface area (Å²) in [6.07, 6.45) is 1.93. The Morgan fingerprint density at radius 1 is 1.35 bits per heavy atom. The number of carbonyl (C=O) groups is 1. The maximum absolute atomic E-state index is 12.1. The molecule has 0 radical (unpaired) electrons. The number of pyridine rings is 1. The molecular weight excluding hydrogens is 236 g/mol. The van der Waals surface area contributed by atoms with Gasteiger partial charge in [0.2, 0.25) is 5.91 Å². The summed E-state index contributed by atoms with van der Waals surface area (Å²) in [6, 6.07) is 3.83. The molecule has 3 nitrogen and oxygen atoms in total. The summed E-state index contributed by atoms with van der Waals surface area (Å²) in [6.45, 7) is 8.07. The SMILES string of the molecule is CC(C)N(C(=O)Cc1cc(Cl)ccn1)C(C)C. The van der Waals surface area contributed by atoms with Crippen LogP contribution in [0.4, 0.5) is 0 Å². The zero-order valence-electron chi connectivity index (χ0n) is 10.8. The monoisotopic (exact) mass is 254 g/mol. The van der Waals surface area contributed by atoms with Crippen LogP contribution >= 0.6 is 11.6 Å². The number of hydrogen-bond acceptors (Lipinski definition) is 2. The van der Waals surface area contributed by atoms with Gasteiger partial charge >= 0.3 is 0 Å². The van der Waals surface area contributed by atoms with E-state index >= 15 is 0 Å². The van der Waals surface area contributed by atoms with Gasteiger partial charge in [-0.05, 0) is 39.8 Å². The van der Waals surface area contributed by atoms with Crippen molar-refractivity contribution in [1.29, 1.82) is 0 Å². The molecule has 0 saturated heterocycles. The van der Waals surface area contributed by atoms with Crippen LogP contribution in [-0.4, -0.2) is 27.9 Å². The maximum atomic E-state index is 12.1. The average molecular weight is 255 g/mol. The van der Waals surface area contributed by atoms with Crippen LogP contribution < -0.4 is 0 Å². The molecule has 0 unspecified atom stereocenters. The molecule has 0 bridgehead atoms. The van der Waals surface area contributed by atoms with Crippen molar-refractivity contribution in [1.82, 2.24) is 9.88 Å². The first-order valence-corrected chi connectivity index (χ1v) is 6.21. The predicted octanol–water partition coefficient (Wildman–Crippen LogP) is 2.92. The third-order valence-electron chi connectivity index (χ3n) is 2.51. The van der Waals surface area contributed by atoms with Gasteiger partial charge in [-0.3, -0.25) is 9.78 Å². The molecule has 1 aromatic heterocycles. The van der Waals surface area contributed by atoms with E-state index in [9.17, 15) is 4.79 Å². The zero-order chi connectivity index (χ0) is 13.0. The predicted molar refractivity (Wildman–Crippen MR) is 70.1 cm³/mol. The van der Waals surface area contributed by atoms with E-state index in [0.717, 1.165) is 0 Å². The molecule has 0 aliphatic heterocycles. The Morgan fingerprint density at radius 2 is 1.94 bits per heavy atom. The van der Waals surface area contributed by atoms with Crippen LogP contribution in [0, 0.1) is 0 Å². The lowest BCUT2D eigenvalue weighted by molar-refractivity contribution is -0.134. The van der Waals surface area contributed by atoms with Gasteiger partial charge in [-0.15, -0.1) is 0 Å². The first-order valence-electron chi connectivity index (χ1n) is 5.83. The molecule has 17 heavy (non-hydrogen) atoms. The van der Waals surface area contributed by atoms with Crippen molar-refractivity contribution < 1.29 is 4.79 Å². The minimum absolute atomic E-state index is 0.0877. The lowest BCUT2D eigenvalue weighted by Gasteiger charge is -2.30. The topological polar surface area (TPSA) is 33.2 Å². The molecule has 0 fully saturated rings. The van der Waals surface area contributed by atoms with Gasteiger partial charge in [0.25, 0.3) is 0 Å². The van der Waals surface area contributed by atoms with Gasteiger partial charge in [-0.1, -0.05) is 11.6 Å². The Labute approximate surface area is 108 Å². The average Bonchev–Trinajstić information content (AvgIpc) is 2.15. The molecule has 1 rings (SSSR count). The van der Waals surface area contributed by atoms with Crippen LogP contribution in [0.1, 0.15) is 33.4 Å². The molecule has 1 heterocycles. The summed E-state index contributed by atoms with van der Waals surface area (Å²) in [5.41, 5.74) is 0.716. The second-order valence-corrected chi connectivity index (χ2v) is 5.07. The Morgan fingerprint density at radius 3 is 2.41 bits per heavy atom. The third-order valence-corrected chi connectivity index (χ3v) is 2.75. The molecule has 0 N–H and O–H groups in total. The first kappa shape index (κ1) is 14.0. The molecular formula is C13H19ClN2O. The van der Waals surface area contributed by atoms with Crippen molar-refractivity contribution >= 4 is 17.5 Å². The van der Waals surface area contributed by atoms with E-state index in [0.29, 0.717) is 17.1 Å². The molecule has 0 spiro atoms. The van der Waals surface area contributed by atoms with Crippen molar-refractivity contribution in [3.63, 3.8) is 0 Å². The minimum atomic E-state index is 0.0877. The number of nitrogens with zero attached hydrogens (tertiary/aromatic N) is 2. The molecule has 0 aromatic carbocycles. The molecule has 0 atom stereocenters. The van der Waals surface area contributed by atoms with E-state index in [1.807, 2.05) is 32.6 Å². The fourth-order valence-corrected chi connectivity index (χ4v) is 2.15. The second kappa shape index (κ2) is 6.01. The van der Waals surface area contributed by atoms with Crippen LogP contribution in [0.5, 0.6) is 0 Å². The highest BCUT2D eigenvalue weighted by molar-refractivity contribution is 6.30. The normalized spacial score (nSPS) is 11.0. The quantitative estimate of drug-likeness (QED) is 0.828. The van der Waals surface area contributed by atoms with Gasteiger partial charge in [0.15, 0.2) is 0 Å². The van der Waals surface area contributed by atoms with Crippen molar-refractivity contribution in [2.45, 2.75) is 46.2 Å². The number of aromatic nitrogens is 1. The largest absolute Gasteiger partial charge is 0.338 e. The fraction of sp³-hybridized carbons (Fsp3) is 0.538. The number of rotatable bonds is 4. The zero-order valence-corrected chi connectivity index (χ0v) is 11.5. The Kier molecular flexibility index (Phi) is 4.94. The van der Waals surface area contributed by atoms with Crippen LogP contribution in [-0.2, 0) is 11.2 Å². The molecule has 1 amide bonds. The Hall–Kier alpha value is -1.09. The van der Waals surface area contributed by atoms with Crippen molar-refractivity contribution in [2.75, 3.05) is 0 Å². The lowest BCUT2D eigenvalue weighted by Crippen LogP contribution is -2.42. The molecule has 1 aromatic rings. The van der Waals surface area contributed by atoms with Gasteiger partial charge in [0.05, 0.1) is 12.1 Å². The minimum Gasteiger partial charge on any atom is -0.338 e. The number of amides is 1. The second-order valence-electron chi connectivity index (χ2n) is 4.63. The third kappa shape index (κ3) is 4.00. The van der Waals surface area contributed by atoms with Crippen molar-refractivity contribution in [3.8, 4) is 0 Å². The Balaban J connectivity index is 2.77. The van der Waals surface area contributed by atoms with Crippen LogP contribution in [0.3, 0.4) is 0 Å². The maximum Gasteiger partial charge on any atom is 0.229 e. The van der Waals surface area contributed by atoms with E-state index in [4.69, 9.17) is 11.6 Å². The first-order chi connectivity index (χ1) is 7.91. The molecule has 4 heteroatoms. The number of halogens is 1. The van der Waals surface area contributed by atoms with E-state index in [1.54, 1.807) is 18.3 Å². The summed E-state index contributed by atoms with van der Waals surface area (Å²) < 4.78 is 0. The summed E-state index contributed by atoms with van der Waals surface area (Å²) in [5, 5.41) is 0.614. The van der Waals surface area contributed by atoms with E-state index in [1.165, 1.54) is 0 Å².